The van der Waals surface area contributed by atoms with Crippen LogP contribution in [0.5, 0.6) is 0 Å². The van der Waals surface area contributed by atoms with E-state index in [1.807, 2.05) is 11.3 Å². The van der Waals surface area contributed by atoms with Crippen molar-refractivity contribution in [1.29, 1.82) is 0 Å². The molecule has 0 fully saturated rings. The predicted octanol–water partition coefficient (Wildman–Crippen LogP) is 11.5. The number of nitrogens with zero attached hydrogens (tertiary/aromatic N) is 1. The average molecular weight is 588 g/mol. The Labute approximate surface area is 264 Å². The lowest BCUT2D eigenvalue weighted by Crippen LogP contribution is -2.33. The van der Waals surface area contributed by atoms with Gasteiger partial charge in [-0.3, -0.25) is 0 Å². The van der Waals surface area contributed by atoms with E-state index in [1.54, 1.807) is 0 Å². The minimum atomic E-state index is -0.429. The van der Waals surface area contributed by atoms with Crippen molar-refractivity contribution < 1.29 is 0 Å². The molecule has 3 heterocycles. The number of rotatable bonds is 1. The summed E-state index contributed by atoms with van der Waals surface area (Å²) in [6, 6.07) is 57.0. The maximum atomic E-state index is 2.51. The first kappa shape index (κ1) is 23.9. The topological polar surface area (TPSA) is 4.93 Å². The van der Waals surface area contributed by atoms with Gasteiger partial charge >= 0.3 is 0 Å². The van der Waals surface area contributed by atoms with Crippen molar-refractivity contribution in [1.82, 2.24) is 4.57 Å². The van der Waals surface area contributed by atoms with Gasteiger partial charge in [-0.05, 0) is 80.9 Å². The highest BCUT2D eigenvalue weighted by atomic mass is 32.1. The molecular formula is C43H25NS. The van der Waals surface area contributed by atoms with Gasteiger partial charge < -0.3 is 4.57 Å². The Morgan fingerprint density at radius 1 is 0.422 bits per heavy atom. The summed E-state index contributed by atoms with van der Waals surface area (Å²) in [4.78, 5) is 0. The summed E-state index contributed by atoms with van der Waals surface area (Å²) in [5.41, 5.74) is 14.0. The average Bonchev–Trinajstić information content (AvgIpc) is 3.74. The smallest absolute Gasteiger partial charge is 0.0754 e. The molecule has 1 aliphatic heterocycles. The molecule has 9 aromatic rings. The zero-order valence-electron chi connectivity index (χ0n) is 24.3. The van der Waals surface area contributed by atoms with Crippen LogP contribution in [0.3, 0.4) is 0 Å². The van der Waals surface area contributed by atoms with Gasteiger partial charge in [-0.25, -0.2) is 0 Å². The molecule has 1 aliphatic carbocycles. The van der Waals surface area contributed by atoms with E-state index >= 15 is 0 Å². The van der Waals surface area contributed by atoms with Crippen LogP contribution in [0.1, 0.15) is 22.3 Å². The number of fused-ring (bicyclic) bond motifs is 15. The summed E-state index contributed by atoms with van der Waals surface area (Å²) in [5, 5.41) is 5.29. The van der Waals surface area contributed by atoms with Crippen molar-refractivity contribution in [3.8, 4) is 27.9 Å². The predicted molar refractivity (Wildman–Crippen MR) is 190 cm³/mol. The van der Waals surface area contributed by atoms with Crippen molar-refractivity contribution in [3.63, 3.8) is 0 Å². The first-order valence-electron chi connectivity index (χ1n) is 15.6. The fourth-order valence-corrected chi connectivity index (χ4v) is 9.73. The Balaban J connectivity index is 1.27. The molecule has 1 atom stereocenters. The van der Waals surface area contributed by atoms with Crippen LogP contribution in [0.25, 0.3) is 69.9 Å². The minimum Gasteiger partial charge on any atom is -0.309 e. The lowest BCUT2D eigenvalue weighted by molar-refractivity contribution is 0.749. The summed E-state index contributed by atoms with van der Waals surface area (Å²) < 4.78 is 5.20. The molecule has 2 aromatic heterocycles. The summed E-state index contributed by atoms with van der Waals surface area (Å²) in [5.74, 6) is 0. The molecule has 0 amide bonds. The van der Waals surface area contributed by atoms with Gasteiger partial charge in [0.15, 0.2) is 0 Å². The molecule has 1 spiro atoms. The summed E-state index contributed by atoms with van der Waals surface area (Å²) in [7, 11) is 0. The SMILES string of the molecule is c1ccc2c(c1)-c1ccc(-c3ccc4sc5ccccc5c4c3)cc1C21c2ccccc2-n2c3ccccc3c3cccc1c32. The van der Waals surface area contributed by atoms with Gasteiger partial charge in [0, 0.05) is 30.9 Å². The van der Waals surface area contributed by atoms with Gasteiger partial charge in [-0.2, -0.15) is 0 Å². The highest BCUT2D eigenvalue weighted by Gasteiger charge is 2.50. The molecule has 0 N–H and O–H groups in total. The largest absolute Gasteiger partial charge is 0.309 e. The lowest BCUT2D eigenvalue weighted by atomic mass is 9.65. The van der Waals surface area contributed by atoms with Crippen molar-refractivity contribution >= 4 is 53.3 Å². The second-order valence-corrected chi connectivity index (χ2v) is 13.5. The fourth-order valence-electron chi connectivity index (χ4n) is 8.65. The summed E-state index contributed by atoms with van der Waals surface area (Å²) in [6.45, 7) is 0. The van der Waals surface area contributed by atoms with Crippen molar-refractivity contribution in [3.05, 3.63) is 174 Å². The van der Waals surface area contributed by atoms with Gasteiger partial charge in [-0.15, -0.1) is 11.3 Å². The number of hydrogen-bond donors (Lipinski definition) is 0. The molecule has 1 unspecified atom stereocenters. The van der Waals surface area contributed by atoms with E-state index in [0.29, 0.717) is 0 Å². The molecule has 1 nitrogen and oxygen atoms in total. The third kappa shape index (κ3) is 2.85. The number of aromatic nitrogens is 1. The fraction of sp³-hybridized carbons (Fsp3) is 0.0233. The third-order valence-corrected chi connectivity index (χ3v) is 11.6. The van der Waals surface area contributed by atoms with E-state index < -0.39 is 5.41 Å². The number of hydrogen-bond acceptors (Lipinski definition) is 1. The first-order valence-corrected chi connectivity index (χ1v) is 16.4. The molecule has 0 saturated heterocycles. The summed E-state index contributed by atoms with van der Waals surface area (Å²) in [6.07, 6.45) is 0. The summed E-state index contributed by atoms with van der Waals surface area (Å²) >= 11 is 1.88. The molecule has 45 heavy (non-hydrogen) atoms. The van der Waals surface area contributed by atoms with Crippen LogP contribution < -0.4 is 0 Å². The van der Waals surface area contributed by atoms with Crippen LogP contribution in [-0.2, 0) is 5.41 Å². The lowest BCUT2D eigenvalue weighted by Gasteiger charge is -2.39. The van der Waals surface area contributed by atoms with Gasteiger partial charge in [0.05, 0.1) is 22.1 Å². The van der Waals surface area contributed by atoms with E-state index in [2.05, 4.69) is 156 Å². The molecule has 208 valence electrons. The zero-order chi connectivity index (χ0) is 29.3. The Morgan fingerprint density at radius 3 is 2.04 bits per heavy atom. The Kier molecular flexibility index (Phi) is 4.46. The quantitative estimate of drug-likeness (QED) is 0.180. The Morgan fingerprint density at radius 2 is 1.09 bits per heavy atom. The molecule has 0 bridgehead atoms. The molecule has 2 aliphatic rings. The van der Waals surface area contributed by atoms with Gasteiger partial charge in [0.25, 0.3) is 0 Å². The Bertz CT molecular complexity index is 2720. The first-order chi connectivity index (χ1) is 22.3. The van der Waals surface area contributed by atoms with Crippen molar-refractivity contribution in [2.24, 2.45) is 0 Å². The molecular weight excluding hydrogens is 563 g/mol. The van der Waals surface area contributed by atoms with E-state index in [0.717, 1.165) is 0 Å². The second kappa shape index (κ2) is 8.38. The van der Waals surface area contributed by atoms with Crippen LogP contribution >= 0.6 is 11.3 Å². The van der Waals surface area contributed by atoms with Crippen molar-refractivity contribution in [2.75, 3.05) is 0 Å². The third-order valence-electron chi connectivity index (χ3n) is 10.4. The highest BCUT2D eigenvalue weighted by molar-refractivity contribution is 7.25. The Hall–Kier alpha value is -5.44. The number of para-hydroxylation sites is 3. The molecule has 0 radical (unpaired) electrons. The van der Waals surface area contributed by atoms with E-state index in [-0.39, 0.29) is 0 Å². The van der Waals surface area contributed by atoms with Crippen molar-refractivity contribution in [2.45, 2.75) is 5.41 Å². The van der Waals surface area contributed by atoms with Crippen LogP contribution in [0, 0.1) is 0 Å². The number of benzene rings is 7. The molecule has 11 rings (SSSR count). The standard InChI is InChI=1S/C43H25NS/c1-4-14-34-28(10-1)29-22-20-27(26-21-23-41-33(24-26)31-12-3-8-19-40(31)45-41)25-37(29)43(34)35-15-5-7-18-39(35)44-38-17-6-2-11-30(38)32-13-9-16-36(43)42(32)44/h1-25H. The molecule has 0 saturated carbocycles. The van der Waals surface area contributed by atoms with E-state index in [1.165, 1.54) is 92.2 Å². The maximum Gasteiger partial charge on any atom is 0.0754 e. The van der Waals surface area contributed by atoms with E-state index in [4.69, 9.17) is 0 Å². The highest BCUT2D eigenvalue weighted by Crippen LogP contribution is 2.61. The maximum absolute atomic E-state index is 2.51. The monoisotopic (exact) mass is 587 g/mol. The van der Waals surface area contributed by atoms with Crippen LogP contribution in [-0.4, -0.2) is 4.57 Å². The van der Waals surface area contributed by atoms with Gasteiger partial charge in [0.1, 0.15) is 0 Å². The van der Waals surface area contributed by atoms with Crippen LogP contribution in [0.2, 0.25) is 0 Å². The normalized spacial score (nSPS) is 16.1. The minimum absolute atomic E-state index is 0.429. The molecule has 2 heteroatoms. The van der Waals surface area contributed by atoms with E-state index in [9.17, 15) is 0 Å². The van der Waals surface area contributed by atoms with Gasteiger partial charge in [-0.1, -0.05) is 115 Å². The number of thiophene rings is 1. The van der Waals surface area contributed by atoms with Gasteiger partial charge in [0.2, 0.25) is 0 Å². The zero-order valence-corrected chi connectivity index (χ0v) is 25.1. The second-order valence-electron chi connectivity index (χ2n) is 12.4. The van der Waals surface area contributed by atoms with Crippen LogP contribution in [0.4, 0.5) is 0 Å². The molecule has 7 aromatic carbocycles. The van der Waals surface area contributed by atoms with Crippen LogP contribution in [0.15, 0.2) is 152 Å².